The van der Waals surface area contributed by atoms with E-state index in [-0.39, 0.29) is 22.6 Å². The summed E-state index contributed by atoms with van der Waals surface area (Å²) >= 11 is 0. The molecule has 7 heteroatoms. The number of hydrogen-bond donors (Lipinski definition) is 3. The van der Waals surface area contributed by atoms with Gasteiger partial charge < -0.3 is 15.7 Å². The zero-order valence-electron chi connectivity index (χ0n) is 14.8. The van der Waals surface area contributed by atoms with Gasteiger partial charge in [-0.1, -0.05) is 17.7 Å². The molecule has 5 nitrogen and oxygen atoms in total. The summed E-state index contributed by atoms with van der Waals surface area (Å²) in [5, 5.41) is 15.2. The Morgan fingerprint density at radius 1 is 0.786 bits per heavy atom. The highest BCUT2D eigenvalue weighted by atomic mass is 19.1. The first-order valence-corrected chi connectivity index (χ1v) is 8.30. The number of phenolic OH excluding ortho intramolecular Hbond substituents is 1. The molecule has 0 aliphatic carbocycles. The number of hydrogen-bond acceptors (Lipinski definition) is 3. The number of phenols is 1. The first-order chi connectivity index (χ1) is 13.3. The van der Waals surface area contributed by atoms with Gasteiger partial charge in [0, 0.05) is 29.1 Å². The van der Waals surface area contributed by atoms with Crippen LogP contribution < -0.4 is 10.6 Å². The van der Waals surface area contributed by atoms with Crippen LogP contribution in [-0.4, -0.2) is 16.9 Å². The number of nitrogens with one attached hydrogen (secondary N) is 2. The fraction of sp³-hybridized carbons (Fsp3) is 0.0476. The summed E-state index contributed by atoms with van der Waals surface area (Å²) in [6.45, 7) is 1.92. The quantitative estimate of drug-likeness (QED) is 0.622. The SMILES string of the molecule is Cc1ccc(NC(=O)c2ccc(NC(=O)c3cc(F)cc(F)c3)cc2O)cc1. The molecule has 0 fully saturated rings. The average Bonchev–Trinajstić information content (AvgIpc) is 2.63. The van der Waals surface area contributed by atoms with Crippen molar-refractivity contribution in [1.29, 1.82) is 0 Å². The normalized spacial score (nSPS) is 10.4. The van der Waals surface area contributed by atoms with Crippen LogP contribution in [0.4, 0.5) is 20.2 Å². The predicted octanol–water partition coefficient (Wildman–Crippen LogP) is 4.48. The van der Waals surface area contributed by atoms with Gasteiger partial charge in [-0.15, -0.1) is 0 Å². The minimum absolute atomic E-state index is 0.00961. The summed E-state index contributed by atoms with van der Waals surface area (Å²) in [6, 6.07) is 13.5. The van der Waals surface area contributed by atoms with Gasteiger partial charge in [0.05, 0.1) is 5.56 Å². The molecule has 0 saturated carbocycles. The third-order valence-electron chi connectivity index (χ3n) is 3.93. The van der Waals surface area contributed by atoms with Gasteiger partial charge in [-0.25, -0.2) is 8.78 Å². The summed E-state index contributed by atoms with van der Waals surface area (Å²) in [5.41, 5.74) is 1.58. The third-order valence-corrected chi connectivity index (χ3v) is 3.93. The summed E-state index contributed by atoms with van der Waals surface area (Å²) in [6.07, 6.45) is 0. The van der Waals surface area contributed by atoms with Crippen molar-refractivity contribution in [3.8, 4) is 5.75 Å². The fourth-order valence-corrected chi connectivity index (χ4v) is 2.52. The molecule has 0 unspecified atom stereocenters. The van der Waals surface area contributed by atoms with Crippen molar-refractivity contribution in [3.63, 3.8) is 0 Å². The smallest absolute Gasteiger partial charge is 0.259 e. The monoisotopic (exact) mass is 382 g/mol. The van der Waals surface area contributed by atoms with E-state index < -0.39 is 23.4 Å². The van der Waals surface area contributed by atoms with Crippen molar-refractivity contribution in [2.75, 3.05) is 10.6 Å². The first-order valence-electron chi connectivity index (χ1n) is 8.30. The second-order valence-corrected chi connectivity index (χ2v) is 6.16. The molecule has 2 amide bonds. The Balaban J connectivity index is 1.73. The maximum atomic E-state index is 13.2. The molecule has 142 valence electrons. The van der Waals surface area contributed by atoms with Crippen LogP contribution in [0.3, 0.4) is 0 Å². The molecule has 3 rings (SSSR count). The van der Waals surface area contributed by atoms with E-state index >= 15 is 0 Å². The molecule has 0 aromatic heterocycles. The van der Waals surface area contributed by atoms with E-state index in [0.29, 0.717) is 11.8 Å². The first kappa shape index (κ1) is 19.0. The van der Waals surface area contributed by atoms with Gasteiger partial charge in [0.1, 0.15) is 17.4 Å². The van der Waals surface area contributed by atoms with Crippen LogP contribution >= 0.6 is 0 Å². The molecular formula is C21H16F2N2O3. The second-order valence-electron chi connectivity index (χ2n) is 6.16. The predicted molar refractivity (Wildman–Crippen MR) is 102 cm³/mol. The Hall–Kier alpha value is -3.74. The van der Waals surface area contributed by atoms with Crippen LogP contribution in [0.2, 0.25) is 0 Å². The molecule has 3 aromatic rings. The van der Waals surface area contributed by atoms with E-state index in [1.165, 1.54) is 18.2 Å². The van der Waals surface area contributed by atoms with Crippen molar-refractivity contribution < 1.29 is 23.5 Å². The number of aryl methyl sites for hydroxylation is 1. The summed E-state index contributed by atoms with van der Waals surface area (Å²) in [5.74, 6) is -3.39. The Morgan fingerprint density at radius 2 is 1.36 bits per heavy atom. The van der Waals surface area contributed by atoms with Gasteiger partial charge >= 0.3 is 0 Å². The highest BCUT2D eigenvalue weighted by Crippen LogP contribution is 2.24. The second kappa shape index (κ2) is 7.87. The van der Waals surface area contributed by atoms with Crippen molar-refractivity contribution in [1.82, 2.24) is 0 Å². The van der Waals surface area contributed by atoms with Crippen LogP contribution in [0.1, 0.15) is 26.3 Å². The molecule has 0 spiro atoms. The lowest BCUT2D eigenvalue weighted by molar-refractivity contribution is 0.101. The molecule has 0 heterocycles. The van der Waals surface area contributed by atoms with Crippen LogP contribution in [0.5, 0.6) is 5.75 Å². The molecule has 0 aliphatic rings. The molecular weight excluding hydrogens is 366 g/mol. The van der Waals surface area contributed by atoms with Crippen LogP contribution in [-0.2, 0) is 0 Å². The highest BCUT2D eigenvalue weighted by molar-refractivity contribution is 6.07. The van der Waals surface area contributed by atoms with Crippen molar-refractivity contribution in [2.24, 2.45) is 0 Å². The topological polar surface area (TPSA) is 78.4 Å². The summed E-state index contributed by atoms with van der Waals surface area (Å²) in [7, 11) is 0. The molecule has 3 aromatic carbocycles. The Kier molecular flexibility index (Phi) is 5.35. The van der Waals surface area contributed by atoms with Crippen LogP contribution in [0.25, 0.3) is 0 Å². The Bertz CT molecular complexity index is 1030. The van der Waals surface area contributed by atoms with Gasteiger partial charge in [0.15, 0.2) is 0 Å². The summed E-state index contributed by atoms with van der Waals surface area (Å²) in [4.78, 5) is 24.4. The molecule has 3 N–H and O–H groups in total. The minimum atomic E-state index is -0.879. The average molecular weight is 382 g/mol. The lowest BCUT2D eigenvalue weighted by Gasteiger charge is -2.10. The van der Waals surface area contributed by atoms with E-state index in [1.54, 1.807) is 12.1 Å². The largest absolute Gasteiger partial charge is 0.507 e. The number of rotatable bonds is 4. The standard InChI is InChI=1S/C21H16F2N2O3/c1-12-2-4-16(5-3-12)24-21(28)18-7-6-17(11-19(18)26)25-20(27)13-8-14(22)10-15(23)9-13/h2-11,26H,1H3,(H,24,28)(H,25,27). The lowest BCUT2D eigenvalue weighted by Crippen LogP contribution is -2.14. The number of benzene rings is 3. The highest BCUT2D eigenvalue weighted by Gasteiger charge is 2.14. The molecule has 28 heavy (non-hydrogen) atoms. The zero-order valence-corrected chi connectivity index (χ0v) is 14.8. The van der Waals surface area contributed by atoms with E-state index in [4.69, 9.17) is 0 Å². The van der Waals surface area contributed by atoms with E-state index in [9.17, 15) is 23.5 Å². The zero-order chi connectivity index (χ0) is 20.3. The third kappa shape index (κ3) is 4.50. The molecule has 0 radical (unpaired) electrons. The van der Waals surface area contributed by atoms with Gasteiger partial charge in [-0.05, 0) is 43.3 Å². The molecule has 0 aliphatic heterocycles. The fourth-order valence-electron chi connectivity index (χ4n) is 2.52. The maximum Gasteiger partial charge on any atom is 0.259 e. The minimum Gasteiger partial charge on any atom is -0.507 e. The molecule has 0 saturated heterocycles. The van der Waals surface area contributed by atoms with Crippen LogP contribution in [0.15, 0.2) is 60.7 Å². The Morgan fingerprint density at radius 3 is 1.96 bits per heavy atom. The summed E-state index contributed by atoms with van der Waals surface area (Å²) < 4.78 is 26.5. The van der Waals surface area contributed by atoms with Crippen LogP contribution in [0, 0.1) is 18.6 Å². The van der Waals surface area contributed by atoms with E-state index in [1.807, 2.05) is 19.1 Å². The molecule has 0 atom stereocenters. The van der Waals surface area contributed by atoms with Gasteiger partial charge in [0.2, 0.25) is 0 Å². The number of carbonyl (C=O) groups is 2. The van der Waals surface area contributed by atoms with Gasteiger partial charge in [-0.3, -0.25) is 9.59 Å². The number of halogens is 2. The number of anilines is 2. The number of carbonyl (C=O) groups excluding carboxylic acids is 2. The lowest BCUT2D eigenvalue weighted by atomic mass is 10.1. The Labute approximate surface area is 159 Å². The molecule has 0 bridgehead atoms. The maximum absolute atomic E-state index is 13.2. The van der Waals surface area contributed by atoms with E-state index in [0.717, 1.165) is 17.7 Å². The van der Waals surface area contributed by atoms with Crippen molar-refractivity contribution in [2.45, 2.75) is 6.92 Å². The van der Waals surface area contributed by atoms with Crippen molar-refractivity contribution >= 4 is 23.2 Å². The van der Waals surface area contributed by atoms with E-state index in [2.05, 4.69) is 10.6 Å². The number of amides is 2. The van der Waals surface area contributed by atoms with Crippen molar-refractivity contribution in [3.05, 3.63) is 89.0 Å². The number of aromatic hydroxyl groups is 1. The van der Waals surface area contributed by atoms with Gasteiger partial charge in [0.25, 0.3) is 11.8 Å². The van der Waals surface area contributed by atoms with Gasteiger partial charge in [-0.2, -0.15) is 0 Å².